The summed E-state index contributed by atoms with van der Waals surface area (Å²) in [4.78, 5) is 30.1. The minimum atomic E-state index is -0.286. The molecule has 3 aromatic carbocycles. The van der Waals surface area contributed by atoms with Gasteiger partial charge >= 0.3 is 0 Å². The number of carbonyl (C=O) groups is 2. The number of nitrogens with one attached hydrogen (secondary N) is 1. The van der Waals surface area contributed by atoms with Crippen LogP contribution in [0.3, 0.4) is 0 Å². The Morgan fingerprint density at radius 1 is 0.844 bits per heavy atom. The van der Waals surface area contributed by atoms with Gasteiger partial charge in [0.05, 0.1) is 15.9 Å². The topological polar surface area (TPSA) is 76.9 Å². The van der Waals surface area contributed by atoms with Crippen LogP contribution in [0.5, 0.6) is 0 Å². The van der Waals surface area contributed by atoms with Crippen LogP contribution >= 0.6 is 11.3 Å². The Labute approximate surface area is 188 Å². The maximum Gasteiger partial charge on any atom is 0.256 e. The minimum Gasteiger partial charge on any atom is -0.306 e. The second-order valence-corrected chi connectivity index (χ2v) is 8.28. The van der Waals surface area contributed by atoms with Crippen LogP contribution in [0.15, 0.2) is 84.9 Å². The number of fused-ring (bicyclic) bond motifs is 1. The van der Waals surface area contributed by atoms with Gasteiger partial charge in [-0.15, -0.1) is 0 Å². The highest BCUT2D eigenvalue weighted by Gasteiger charge is 2.16. The van der Waals surface area contributed by atoms with E-state index in [1.165, 1.54) is 11.3 Å². The maximum absolute atomic E-state index is 12.9. The zero-order valence-corrected chi connectivity index (χ0v) is 18.0. The average Bonchev–Trinajstić information content (AvgIpc) is 3.42. The third kappa shape index (κ3) is 3.81. The summed E-state index contributed by atoms with van der Waals surface area (Å²) >= 11 is 1.50. The van der Waals surface area contributed by atoms with Gasteiger partial charge in [0.15, 0.2) is 5.78 Å². The highest BCUT2D eigenvalue weighted by atomic mass is 32.1. The molecule has 0 unspecified atom stereocenters. The highest BCUT2D eigenvalue weighted by molar-refractivity contribution is 7.20. The number of nitrogens with zero attached hydrogens (tertiary/aromatic N) is 3. The van der Waals surface area contributed by atoms with E-state index in [0.717, 1.165) is 15.9 Å². The summed E-state index contributed by atoms with van der Waals surface area (Å²) in [5, 5.41) is 8.09. The summed E-state index contributed by atoms with van der Waals surface area (Å²) in [6.45, 7) is 1.86. The third-order valence-corrected chi connectivity index (χ3v) is 5.99. The fraction of sp³-hybridized carbons (Fsp3) is 0.0400. The molecule has 0 fully saturated rings. The van der Waals surface area contributed by atoms with Crippen LogP contribution in [0.1, 0.15) is 32.0 Å². The van der Waals surface area contributed by atoms with Crippen molar-refractivity contribution in [2.75, 3.05) is 5.32 Å². The van der Waals surface area contributed by atoms with Gasteiger partial charge in [0, 0.05) is 22.8 Å². The SMILES string of the molecule is Cc1cc(NC(=O)c2ccc(C(=O)c3ccccc3)cc2)n(-c2nc3ccccc3s2)n1. The monoisotopic (exact) mass is 438 g/mol. The molecule has 7 heteroatoms. The lowest BCUT2D eigenvalue weighted by Crippen LogP contribution is -2.15. The summed E-state index contributed by atoms with van der Waals surface area (Å²) in [6.07, 6.45) is 0. The first kappa shape index (κ1) is 19.8. The predicted molar refractivity (Wildman–Crippen MR) is 126 cm³/mol. The van der Waals surface area contributed by atoms with E-state index < -0.39 is 0 Å². The molecule has 0 aliphatic carbocycles. The first-order valence-corrected chi connectivity index (χ1v) is 10.8. The van der Waals surface area contributed by atoms with Gasteiger partial charge < -0.3 is 5.32 Å². The van der Waals surface area contributed by atoms with E-state index >= 15 is 0 Å². The Morgan fingerprint density at radius 3 is 2.25 bits per heavy atom. The number of thiazole rings is 1. The molecule has 32 heavy (non-hydrogen) atoms. The molecule has 0 spiro atoms. The van der Waals surface area contributed by atoms with Crippen LogP contribution < -0.4 is 5.32 Å². The molecule has 0 radical (unpaired) electrons. The van der Waals surface area contributed by atoms with Gasteiger partial charge in [0.25, 0.3) is 5.91 Å². The van der Waals surface area contributed by atoms with Crippen LogP contribution in [-0.4, -0.2) is 26.5 Å². The second kappa shape index (κ2) is 8.20. The lowest BCUT2D eigenvalue weighted by molar-refractivity contribution is 0.101. The van der Waals surface area contributed by atoms with E-state index in [0.29, 0.717) is 27.6 Å². The van der Waals surface area contributed by atoms with Crippen molar-refractivity contribution in [1.82, 2.24) is 14.8 Å². The van der Waals surface area contributed by atoms with Gasteiger partial charge in [-0.05, 0) is 31.2 Å². The maximum atomic E-state index is 12.9. The van der Waals surface area contributed by atoms with Crippen molar-refractivity contribution >= 4 is 39.1 Å². The summed E-state index contributed by atoms with van der Waals surface area (Å²) in [6, 6.07) is 25.4. The predicted octanol–water partition coefficient (Wildman–Crippen LogP) is 5.27. The first-order valence-electron chi connectivity index (χ1n) is 10.0. The Hall–Kier alpha value is -4.10. The summed E-state index contributed by atoms with van der Waals surface area (Å²) in [5.41, 5.74) is 3.24. The number of para-hydroxylation sites is 1. The van der Waals surface area contributed by atoms with Gasteiger partial charge in [-0.2, -0.15) is 9.78 Å². The molecule has 1 N–H and O–H groups in total. The number of carbonyl (C=O) groups excluding carboxylic acids is 2. The number of amides is 1. The van der Waals surface area contributed by atoms with Crippen molar-refractivity contribution in [3.05, 3.63) is 107 Å². The van der Waals surface area contributed by atoms with Crippen LogP contribution in [0.4, 0.5) is 5.82 Å². The number of aryl methyl sites for hydroxylation is 1. The molecule has 0 aliphatic heterocycles. The number of benzene rings is 3. The lowest BCUT2D eigenvalue weighted by Gasteiger charge is -2.07. The van der Waals surface area contributed by atoms with E-state index in [2.05, 4.69) is 15.4 Å². The van der Waals surface area contributed by atoms with Gasteiger partial charge in [-0.25, -0.2) is 4.98 Å². The molecular formula is C25H18N4O2S. The van der Waals surface area contributed by atoms with E-state index in [-0.39, 0.29) is 11.7 Å². The van der Waals surface area contributed by atoms with Crippen molar-refractivity contribution in [2.45, 2.75) is 6.92 Å². The Bertz CT molecular complexity index is 1400. The summed E-state index contributed by atoms with van der Waals surface area (Å²) in [5.74, 6) is 0.170. The number of aromatic nitrogens is 3. The largest absolute Gasteiger partial charge is 0.306 e. The summed E-state index contributed by atoms with van der Waals surface area (Å²) in [7, 11) is 0. The number of rotatable bonds is 5. The van der Waals surface area contributed by atoms with Crippen molar-refractivity contribution in [3.63, 3.8) is 0 Å². The molecule has 156 valence electrons. The Morgan fingerprint density at radius 2 is 1.50 bits per heavy atom. The van der Waals surface area contributed by atoms with Crippen molar-refractivity contribution in [1.29, 1.82) is 0 Å². The molecule has 0 bridgehead atoms. The first-order chi connectivity index (χ1) is 15.6. The third-order valence-electron chi connectivity index (χ3n) is 4.98. The molecule has 0 saturated heterocycles. The minimum absolute atomic E-state index is 0.0814. The molecule has 2 heterocycles. The van der Waals surface area contributed by atoms with Crippen LogP contribution in [0.25, 0.3) is 15.3 Å². The fourth-order valence-electron chi connectivity index (χ4n) is 3.40. The van der Waals surface area contributed by atoms with Crippen LogP contribution in [-0.2, 0) is 0 Å². The number of ketones is 1. The number of anilines is 1. The Kier molecular flexibility index (Phi) is 5.09. The van der Waals surface area contributed by atoms with Gasteiger partial charge in [0.1, 0.15) is 5.82 Å². The van der Waals surface area contributed by atoms with E-state index in [1.807, 2.05) is 49.4 Å². The number of hydrogen-bond donors (Lipinski definition) is 1. The van der Waals surface area contributed by atoms with E-state index in [1.54, 1.807) is 47.1 Å². The zero-order valence-electron chi connectivity index (χ0n) is 17.1. The molecule has 2 aromatic heterocycles. The smallest absolute Gasteiger partial charge is 0.256 e. The molecule has 0 aliphatic rings. The van der Waals surface area contributed by atoms with Crippen LogP contribution in [0, 0.1) is 6.92 Å². The van der Waals surface area contributed by atoms with E-state index in [4.69, 9.17) is 0 Å². The van der Waals surface area contributed by atoms with Gasteiger partial charge in [0.2, 0.25) is 5.13 Å². The molecule has 5 rings (SSSR count). The normalized spacial score (nSPS) is 10.9. The quantitative estimate of drug-likeness (QED) is 0.379. The highest BCUT2D eigenvalue weighted by Crippen LogP contribution is 2.27. The van der Waals surface area contributed by atoms with Crippen molar-refractivity contribution in [3.8, 4) is 5.13 Å². The number of hydrogen-bond acceptors (Lipinski definition) is 5. The van der Waals surface area contributed by atoms with E-state index in [9.17, 15) is 9.59 Å². The molecule has 0 atom stereocenters. The standard InChI is InChI=1S/C25H18N4O2S/c1-16-15-22(29(28-16)25-26-20-9-5-6-10-21(20)32-25)27-24(31)19-13-11-18(12-14-19)23(30)17-7-3-2-4-8-17/h2-15H,1H3,(H,27,31). The molecule has 5 aromatic rings. The van der Waals surface area contributed by atoms with Crippen molar-refractivity contribution < 1.29 is 9.59 Å². The lowest BCUT2D eigenvalue weighted by atomic mass is 10.0. The average molecular weight is 439 g/mol. The van der Waals surface area contributed by atoms with Crippen LogP contribution in [0.2, 0.25) is 0 Å². The zero-order chi connectivity index (χ0) is 22.1. The molecular weight excluding hydrogens is 420 g/mol. The second-order valence-electron chi connectivity index (χ2n) is 7.27. The van der Waals surface area contributed by atoms with Crippen molar-refractivity contribution in [2.24, 2.45) is 0 Å². The van der Waals surface area contributed by atoms with Gasteiger partial charge in [-0.1, -0.05) is 65.9 Å². The molecule has 0 saturated carbocycles. The molecule has 6 nitrogen and oxygen atoms in total. The summed E-state index contributed by atoms with van der Waals surface area (Å²) < 4.78 is 2.69. The Balaban J connectivity index is 1.38. The fourth-order valence-corrected chi connectivity index (χ4v) is 4.33. The molecule has 1 amide bonds. The van der Waals surface area contributed by atoms with Gasteiger partial charge in [-0.3, -0.25) is 9.59 Å².